The van der Waals surface area contributed by atoms with E-state index in [1.165, 1.54) is 9.13 Å². The molecule has 0 saturated carbocycles. The van der Waals surface area contributed by atoms with E-state index in [1.54, 1.807) is 29.2 Å². The lowest BCUT2D eigenvalue weighted by Gasteiger charge is -2.27. The predicted octanol–water partition coefficient (Wildman–Crippen LogP) is 2.44. The van der Waals surface area contributed by atoms with E-state index in [2.05, 4.69) is 13.8 Å². The van der Waals surface area contributed by atoms with Gasteiger partial charge in [0.25, 0.3) is 5.56 Å². The highest BCUT2D eigenvalue weighted by molar-refractivity contribution is 5.82. The van der Waals surface area contributed by atoms with Crippen LogP contribution in [0.3, 0.4) is 0 Å². The molecular weight excluding hydrogens is 394 g/mol. The minimum absolute atomic E-state index is 0.122. The van der Waals surface area contributed by atoms with Crippen LogP contribution in [0.5, 0.6) is 0 Å². The lowest BCUT2D eigenvalue weighted by atomic mass is 10.0. The Kier molecular flexibility index (Phi) is 5.78. The zero-order valence-electron chi connectivity index (χ0n) is 18.1. The number of carbonyl (C=O) groups excluding carboxylic acids is 1. The summed E-state index contributed by atoms with van der Waals surface area (Å²) in [6, 6.07) is 12.8. The Balaban J connectivity index is 1.87. The van der Waals surface area contributed by atoms with E-state index in [-0.39, 0.29) is 18.0 Å². The SMILES string of the molecule is Cc1ccc2c(c1)c(=O)n(-c1ccc(C(C)C)cc1)c(=O)n2CC(=O)N1CCOCC1. The van der Waals surface area contributed by atoms with E-state index in [9.17, 15) is 14.4 Å². The largest absolute Gasteiger partial charge is 0.378 e. The summed E-state index contributed by atoms with van der Waals surface area (Å²) in [6.07, 6.45) is 0. The van der Waals surface area contributed by atoms with Crippen molar-refractivity contribution in [2.75, 3.05) is 26.3 Å². The maximum absolute atomic E-state index is 13.5. The van der Waals surface area contributed by atoms with Gasteiger partial charge in [-0.3, -0.25) is 14.2 Å². The number of hydrogen-bond donors (Lipinski definition) is 0. The van der Waals surface area contributed by atoms with Gasteiger partial charge in [0.2, 0.25) is 5.91 Å². The summed E-state index contributed by atoms with van der Waals surface area (Å²) in [7, 11) is 0. The van der Waals surface area contributed by atoms with Crippen molar-refractivity contribution < 1.29 is 9.53 Å². The first-order valence-corrected chi connectivity index (χ1v) is 10.6. The van der Waals surface area contributed by atoms with Crippen LogP contribution in [0.2, 0.25) is 0 Å². The Hall–Kier alpha value is -3.19. The first-order valence-electron chi connectivity index (χ1n) is 10.6. The third-order valence-corrected chi connectivity index (χ3v) is 5.77. The number of nitrogens with zero attached hydrogens (tertiary/aromatic N) is 3. The van der Waals surface area contributed by atoms with Crippen molar-refractivity contribution >= 4 is 16.8 Å². The molecule has 0 atom stereocenters. The molecule has 3 aromatic rings. The van der Waals surface area contributed by atoms with Gasteiger partial charge in [-0.05, 0) is 42.7 Å². The Bertz CT molecular complexity index is 1230. The van der Waals surface area contributed by atoms with Gasteiger partial charge in [0, 0.05) is 13.1 Å². The van der Waals surface area contributed by atoms with Gasteiger partial charge in [-0.2, -0.15) is 0 Å². The molecule has 0 radical (unpaired) electrons. The fraction of sp³-hybridized carbons (Fsp3) is 0.375. The molecule has 1 saturated heterocycles. The number of aromatic nitrogens is 2. The molecule has 31 heavy (non-hydrogen) atoms. The lowest BCUT2D eigenvalue weighted by molar-refractivity contribution is -0.135. The van der Waals surface area contributed by atoms with E-state index in [0.29, 0.717) is 48.8 Å². The van der Waals surface area contributed by atoms with Crippen molar-refractivity contribution in [2.24, 2.45) is 0 Å². The van der Waals surface area contributed by atoms with Crippen LogP contribution in [0.4, 0.5) is 0 Å². The first kappa shape index (κ1) is 21.1. The van der Waals surface area contributed by atoms with Gasteiger partial charge in [0.05, 0.1) is 29.8 Å². The highest BCUT2D eigenvalue weighted by atomic mass is 16.5. The molecule has 1 aliphatic heterocycles. The summed E-state index contributed by atoms with van der Waals surface area (Å²) in [6.45, 7) is 7.93. The molecular formula is C24H27N3O4. The minimum Gasteiger partial charge on any atom is -0.378 e. The third kappa shape index (κ3) is 4.05. The maximum atomic E-state index is 13.5. The van der Waals surface area contributed by atoms with Gasteiger partial charge < -0.3 is 9.64 Å². The van der Waals surface area contributed by atoms with Gasteiger partial charge in [0.1, 0.15) is 6.54 Å². The van der Waals surface area contributed by atoms with Gasteiger partial charge >= 0.3 is 5.69 Å². The molecule has 1 fully saturated rings. The Morgan fingerprint density at radius 3 is 2.35 bits per heavy atom. The first-order chi connectivity index (χ1) is 14.9. The zero-order valence-corrected chi connectivity index (χ0v) is 18.1. The highest BCUT2D eigenvalue weighted by Gasteiger charge is 2.21. The molecule has 0 spiro atoms. The standard InChI is InChI=1S/C24H27N3O4/c1-16(2)18-5-7-19(8-6-18)27-23(29)20-14-17(3)4-9-21(20)26(24(27)30)15-22(28)25-10-12-31-13-11-25/h4-9,14,16H,10-13,15H2,1-3H3. The average Bonchev–Trinajstić information content (AvgIpc) is 2.77. The molecule has 1 aliphatic rings. The molecule has 1 aromatic heterocycles. The molecule has 7 heteroatoms. The van der Waals surface area contributed by atoms with E-state index in [4.69, 9.17) is 4.74 Å². The summed E-state index contributed by atoms with van der Waals surface area (Å²) in [5.74, 6) is 0.181. The normalized spacial score (nSPS) is 14.4. The molecule has 7 nitrogen and oxygen atoms in total. The summed E-state index contributed by atoms with van der Waals surface area (Å²) in [5.41, 5.74) is 2.11. The number of amides is 1. The minimum atomic E-state index is -0.514. The molecule has 1 amide bonds. The average molecular weight is 421 g/mol. The summed E-state index contributed by atoms with van der Waals surface area (Å²) in [5, 5.41) is 0.419. The number of morpholine rings is 1. The van der Waals surface area contributed by atoms with Crippen molar-refractivity contribution in [1.82, 2.24) is 14.0 Å². The van der Waals surface area contributed by atoms with E-state index >= 15 is 0 Å². The summed E-state index contributed by atoms with van der Waals surface area (Å²) >= 11 is 0. The number of carbonyl (C=O) groups is 1. The molecule has 4 rings (SSSR count). The summed E-state index contributed by atoms with van der Waals surface area (Å²) < 4.78 is 7.89. The Labute approximate surface area is 180 Å². The fourth-order valence-corrected chi connectivity index (χ4v) is 3.92. The van der Waals surface area contributed by atoms with E-state index in [0.717, 1.165) is 11.1 Å². The summed E-state index contributed by atoms with van der Waals surface area (Å²) in [4.78, 5) is 41.4. The van der Waals surface area contributed by atoms with Crippen LogP contribution in [0.25, 0.3) is 16.6 Å². The highest BCUT2D eigenvalue weighted by Crippen LogP contribution is 2.17. The van der Waals surface area contributed by atoms with Gasteiger partial charge in [0.15, 0.2) is 0 Å². The smallest absolute Gasteiger partial charge is 0.336 e. The van der Waals surface area contributed by atoms with Crippen LogP contribution in [0, 0.1) is 6.92 Å². The number of ether oxygens (including phenoxy) is 1. The van der Waals surface area contributed by atoms with Crippen molar-refractivity contribution in [3.05, 3.63) is 74.4 Å². The fourth-order valence-electron chi connectivity index (χ4n) is 3.92. The lowest BCUT2D eigenvalue weighted by Crippen LogP contribution is -2.45. The molecule has 2 heterocycles. The number of rotatable bonds is 4. The monoisotopic (exact) mass is 421 g/mol. The second-order valence-corrected chi connectivity index (χ2v) is 8.27. The number of benzene rings is 2. The van der Waals surface area contributed by atoms with Crippen molar-refractivity contribution in [3.8, 4) is 5.69 Å². The number of aryl methyl sites for hydroxylation is 1. The predicted molar refractivity (Wildman–Crippen MR) is 120 cm³/mol. The second-order valence-electron chi connectivity index (χ2n) is 8.27. The van der Waals surface area contributed by atoms with Crippen LogP contribution in [0.1, 0.15) is 30.9 Å². The number of fused-ring (bicyclic) bond motifs is 1. The van der Waals surface area contributed by atoms with Crippen LogP contribution in [-0.2, 0) is 16.1 Å². The molecule has 2 aromatic carbocycles. The van der Waals surface area contributed by atoms with E-state index in [1.807, 2.05) is 25.1 Å². The molecule has 0 aliphatic carbocycles. The van der Waals surface area contributed by atoms with Crippen molar-refractivity contribution in [2.45, 2.75) is 33.2 Å². The van der Waals surface area contributed by atoms with Crippen LogP contribution >= 0.6 is 0 Å². The molecule has 0 unspecified atom stereocenters. The van der Waals surface area contributed by atoms with E-state index < -0.39 is 5.69 Å². The van der Waals surface area contributed by atoms with Crippen molar-refractivity contribution in [1.29, 1.82) is 0 Å². The zero-order chi connectivity index (χ0) is 22.1. The Morgan fingerprint density at radius 1 is 1.03 bits per heavy atom. The molecule has 0 bridgehead atoms. The van der Waals surface area contributed by atoms with Gasteiger partial charge in [-0.1, -0.05) is 37.6 Å². The molecule has 0 N–H and O–H groups in total. The third-order valence-electron chi connectivity index (χ3n) is 5.77. The van der Waals surface area contributed by atoms with Crippen molar-refractivity contribution in [3.63, 3.8) is 0 Å². The number of hydrogen-bond acceptors (Lipinski definition) is 4. The quantitative estimate of drug-likeness (QED) is 0.649. The van der Waals surface area contributed by atoms with Crippen LogP contribution in [0.15, 0.2) is 52.1 Å². The van der Waals surface area contributed by atoms with Crippen LogP contribution in [-0.4, -0.2) is 46.2 Å². The van der Waals surface area contributed by atoms with Gasteiger partial charge in [-0.15, -0.1) is 0 Å². The van der Waals surface area contributed by atoms with Gasteiger partial charge in [-0.25, -0.2) is 9.36 Å². The topological polar surface area (TPSA) is 73.5 Å². The maximum Gasteiger partial charge on any atom is 0.336 e. The van der Waals surface area contributed by atoms with Crippen LogP contribution < -0.4 is 11.2 Å². The Morgan fingerprint density at radius 2 is 1.71 bits per heavy atom. The molecule has 162 valence electrons. The second kappa shape index (κ2) is 8.51.